The summed E-state index contributed by atoms with van der Waals surface area (Å²) < 4.78 is 13.9. The van der Waals surface area contributed by atoms with Crippen molar-refractivity contribution in [2.24, 2.45) is 0 Å². The summed E-state index contributed by atoms with van der Waals surface area (Å²) in [5.74, 6) is 1.14. The summed E-state index contributed by atoms with van der Waals surface area (Å²) in [6.45, 7) is 13.5. The van der Waals surface area contributed by atoms with E-state index in [4.69, 9.17) is 14.1 Å². The molecule has 1 atom stereocenters. The molecule has 0 aliphatic heterocycles. The predicted molar refractivity (Wildman–Crippen MR) is 148 cm³/mol. The third-order valence-electron chi connectivity index (χ3n) is 7.34. The molecule has 1 aromatic carbocycles. The number of hydrogen-bond donors (Lipinski definition) is 1. The molecule has 0 fully saturated rings. The van der Waals surface area contributed by atoms with E-state index >= 15 is 0 Å². The van der Waals surface area contributed by atoms with Gasteiger partial charge in [0.2, 0.25) is 11.9 Å². The van der Waals surface area contributed by atoms with E-state index in [-0.39, 0.29) is 17.0 Å². The van der Waals surface area contributed by atoms with Crippen molar-refractivity contribution < 1.29 is 14.0 Å². The first kappa shape index (κ1) is 26.1. The fourth-order valence-corrected chi connectivity index (χ4v) is 5.64. The van der Waals surface area contributed by atoms with Crippen LogP contribution >= 0.6 is 0 Å². The van der Waals surface area contributed by atoms with E-state index in [9.17, 15) is 4.79 Å². The van der Waals surface area contributed by atoms with Crippen LogP contribution in [0, 0.1) is 0 Å². The fraction of sp³-hybridized carbons (Fsp3) is 0.464. The van der Waals surface area contributed by atoms with Crippen LogP contribution in [-0.2, 0) is 15.8 Å². The number of methoxy groups -OCH3 is 1. The van der Waals surface area contributed by atoms with Gasteiger partial charge >= 0.3 is 0 Å². The van der Waals surface area contributed by atoms with Crippen molar-refractivity contribution in [3.05, 3.63) is 53.7 Å². The maximum absolute atomic E-state index is 11.9. The molecule has 0 bridgehead atoms. The number of anilines is 1. The van der Waals surface area contributed by atoms with Crippen LogP contribution < -0.4 is 10.1 Å². The molecule has 192 valence electrons. The zero-order valence-electron chi connectivity index (χ0n) is 22.5. The van der Waals surface area contributed by atoms with Gasteiger partial charge in [-0.2, -0.15) is 0 Å². The van der Waals surface area contributed by atoms with Crippen molar-refractivity contribution in [2.75, 3.05) is 12.4 Å². The summed E-state index contributed by atoms with van der Waals surface area (Å²) in [5, 5.41) is 3.07. The Labute approximate surface area is 215 Å². The van der Waals surface area contributed by atoms with Gasteiger partial charge in [0.1, 0.15) is 11.3 Å². The van der Waals surface area contributed by atoms with Gasteiger partial charge in [-0.3, -0.25) is 14.7 Å². The van der Waals surface area contributed by atoms with Gasteiger partial charge in [0.05, 0.1) is 19.3 Å². The number of hydrogen-bond acceptors (Lipinski definition) is 5. The molecule has 2 aromatic heterocycles. The lowest BCUT2D eigenvalue weighted by atomic mass is 9.95. The molecule has 0 saturated heterocycles. The standard InChI is InChI=1S/C28H38N4O3Si/c1-19(33)29-27-31-25-17-16-24(21-10-14-23(15-11-21)35-36(6,7)28(2,3)4)30-26(25)32(27)18-20-8-12-22(34-5)13-9-20/h8-10,12-13,16-17,23H,11,14-15,18H2,1-7H3,(H,29,31,33). The highest BCUT2D eigenvalue weighted by molar-refractivity contribution is 6.74. The Hall–Kier alpha value is -2.97. The molecule has 36 heavy (non-hydrogen) atoms. The summed E-state index contributed by atoms with van der Waals surface area (Å²) in [5.41, 5.74) is 4.78. The van der Waals surface area contributed by atoms with Crippen LogP contribution in [0.2, 0.25) is 18.1 Å². The highest BCUT2D eigenvalue weighted by Crippen LogP contribution is 2.39. The normalized spacial score (nSPS) is 16.6. The minimum Gasteiger partial charge on any atom is -0.497 e. The van der Waals surface area contributed by atoms with E-state index < -0.39 is 8.32 Å². The number of benzene rings is 1. The second-order valence-corrected chi connectivity index (χ2v) is 15.9. The third kappa shape index (κ3) is 5.70. The number of carbonyl (C=O) groups is 1. The maximum atomic E-state index is 11.9. The first-order chi connectivity index (χ1) is 17.0. The summed E-state index contributed by atoms with van der Waals surface area (Å²) in [7, 11) is -0.137. The van der Waals surface area contributed by atoms with Gasteiger partial charge in [-0.15, -0.1) is 0 Å². The van der Waals surface area contributed by atoms with E-state index in [1.54, 1.807) is 7.11 Å². The smallest absolute Gasteiger partial charge is 0.223 e. The molecule has 0 radical (unpaired) electrons. The largest absolute Gasteiger partial charge is 0.497 e. The third-order valence-corrected chi connectivity index (χ3v) is 11.9. The Morgan fingerprint density at radius 1 is 1.14 bits per heavy atom. The summed E-state index contributed by atoms with van der Waals surface area (Å²) in [6, 6.07) is 11.9. The molecule has 1 N–H and O–H groups in total. The molecule has 1 unspecified atom stereocenters. The lowest BCUT2D eigenvalue weighted by molar-refractivity contribution is -0.114. The molecular formula is C28H38N4O3Si. The second-order valence-electron chi connectivity index (χ2n) is 11.1. The lowest BCUT2D eigenvalue weighted by Gasteiger charge is -2.40. The highest BCUT2D eigenvalue weighted by atomic mass is 28.4. The van der Waals surface area contributed by atoms with Gasteiger partial charge in [-0.05, 0) is 72.8 Å². The highest BCUT2D eigenvalue weighted by Gasteiger charge is 2.39. The number of imidazole rings is 1. The van der Waals surface area contributed by atoms with Gasteiger partial charge in [0.25, 0.3) is 0 Å². The van der Waals surface area contributed by atoms with Gasteiger partial charge in [0.15, 0.2) is 14.0 Å². The van der Waals surface area contributed by atoms with Crippen LogP contribution in [0.3, 0.4) is 0 Å². The summed E-state index contributed by atoms with van der Waals surface area (Å²) in [4.78, 5) is 21.5. The van der Waals surface area contributed by atoms with Gasteiger partial charge in [-0.1, -0.05) is 39.0 Å². The SMILES string of the molecule is COc1ccc(Cn2c(NC(C)=O)nc3ccc(C4=CCC(O[Si](C)(C)C(C)(C)C)CC4)nc32)cc1. The van der Waals surface area contributed by atoms with Gasteiger partial charge < -0.3 is 9.16 Å². The molecule has 7 nitrogen and oxygen atoms in total. The predicted octanol–water partition coefficient (Wildman–Crippen LogP) is 6.40. The quantitative estimate of drug-likeness (QED) is 0.375. The zero-order valence-corrected chi connectivity index (χ0v) is 23.5. The molecule has 1 aliphatic carbocycles. The number of pyridine rings is 1. The zero-order chi connectivity index (χ0) is 26.1. The molecule has 1 amide bonds. The molecule has 2 heterocycles. The molecule has 4 rings (SSSR count). The van der Waals surface area contributed by atoms with Crippen LogP contribution in [0.4, 0.5) is 5.95 Å². The molecule has 1 aliphatic rings. The number of nitrogens with one attached hydrogen (secondary N) is 1. The van der Waals surface area contributed by atoms with Crippen LogP contribution in [0.15, 0.2) is 42.5 Å². The molecule has 0 spiro atoms. The van der Waals surface area contributed by atoms with E-state index in [2.05, 4.69) is 50.2 Å². The number of ether oxygens (including phenoxy) is 1. The van der Waals surface area contributed by atoms with Gasteiger partial charge in [0, 0.05) is 13.0 Å². The van der Waals surface area contributed by atoms with Crippen molar-refractivity contribution in [2.45, 2.75) is 77.7 Å². The fourth-order valence-electron chi connectivity index (χ4n) is 4.24. The van der Waals surface area contributed by atoms with E-state index in [1.165, 1.54) is 12.5 Å². The Morgan fingerprint density at radius 2 is 1.86 bits per heavy atom. The number of allylic oxidation sites excluding steroid dienone is 1. The number of nitrogens with zero attached hydrogens (tertiary/aromatic N) is 3. The first-order valence-electron chi connectivity index (χ1n) is 12.6. The number of rotatable bonds is 7. The van der Waals surface area contributed by atoms with Crippen molar-refractivity contribution in [3.63, 3.8) is 0 Å². The lowest BCUT2D eigenvalue weighted by Crippen LogP contribution is -2.44. The number of amides is 1. The molecular weight excluding hydrogens is 468 g/mol. The van der Waals surface area contributed by atoms with Gasteiger partial charge in [-0.25, -0.2) is 9.97 Å². The van der Waals surface area contributed by atoms with Crippen molar-refractivity contribution in [1.29, 1.82) is 0 Å². The molecule has 8 heteroatoms. The van der Waals surface area contributed by atoms with Crippen LogP contribution in [0.25, 0.3) is 16.7 Å². The van der Waals surface area contributed by atoms with Crippen LogP contribution in [0.5, 0.6) is 5.75 Å². The van der Waals surface area contributed by atoms with E-state index in [0.29, 0.717) is 12.5 Å². The Bertz CT molecular complexity index is 1270. The summed E-state index contributed by atoms with van der Waals surface area (Å²) >= 11 is 0. The Kier molecular flexibility index (Phi) is 7.38. The van der Waals surface area contributed by atoms with Crippen molar-refractivity contribution >= 4 is 36.9 Å². The minimum absolute atomic E-state index is 0.163. The summed E-state index contributed by atoms with van der Waals surface area (Å²) in [6.07, 6.45) is 5.40. The van der Waals surface area contributed by atoms with Crippen LogP contribution in [0.1, 0.15) is 58.2 Å². The van der Waals surface area contributed by atoms with Crippen molar-refractivity contribution in [1.82, 2.24) is 14.5 Å². The molecule has 3 aromatic rings. The topological polar surface area (TPSA) is 78.3 Å². The monoisotopic (exact) mass is 506 g/mol. The number of carbonyl (C=O) groups excluding carboxylic acids is 1. The van der Waals surface area contributed by atoms with E-state index in [0.717, 1.165) is 47.4 Å². The minimum atomic E-state index is -1.79. The number of fused-ring (bicyclic) bond motifs is 1. The number of aromatic nitrogens is 3. The second kappa shape index (κ2) is 10.2. The average molecular weight is 507 g/mol. The average Bonchev–Trinajstić information content (AvgIpc) is 3.14. The maximum Gasteiger partial charge on any atom is 0.223 e. The first-order valence-corrected chi connectivity index (χ1v) is 15.5. The Morgan fingerprint density at radius 3 is 2.44 bits per heavy atom. The molecule has 0 saturated carbocycles. The van der Waals surface area contributed by atoms with E-state index in [1.807, 2.05) is 41.0 Å². The van der Waals surface area contributed by atoms with Crippen molar-refractivity contribution in [3.8, 4) is 5.75 Å². The van der Waals surface area contributed by atoms with Crippen LogP contribution in [-0.4, -0.2) is 42.0 Å². The Balaban J connectivity index is 1.61.